The molecule has 3 heteroatoms. The number of benzene rings is 1. The molecule has 18 heavy (non-hydrogen) atoms. The Morgan fingerprint density at radius 1 is 1.17 bits per heavy atom. The predicted octanol–water partition coefficient (Wildman–Crippen LogP) is 5.14. The van der Waals surface area contributed by atoms with Crippen molar-refractivity contribution in [3.8, 4) is 10.4 Å². The van der Waals surface area contributed by atoms with Gasteiger partial charge in [0.05, 0.1) is 0 Å². The molecule has 0 fully saturated rings. The van der Waals surface area contributed by atoms with Gasteiger partial charge in [-0.25, -0.2) is 0 Å². The zero-order chi connectivity index (χ0) is 13.3. The molecule has 0 aliphatic carbocycles. The lowest BCUT2D eigenvalue weighted by molar-refractivity contribution is 0.521. The van der Waals surface area contributed by atoms with Gasteiger partial charge >= 0.3 is 0 Å². The molecule has 0 amide bonds. The van der Waals surface area contributed by atoms with Gasteiger partial charge in [0, 0.05) is 20.3 Å². The molecule has 1 aromatic heterocycles. The Labute approximate surface area is 121 Å². The highest BCUT2D eigenvalue weighted by atomic mass is 79.9. The minimum atomic E-state index is 0.138. The molecule has 1 heterocycles. The number of thiophene rings is 1. The molecular weight excluding hydrogens is 306 g/mol. The summed E-state index contributed by atoms with van der Waals surface area (Å²) in [5.74, 6) is 0.475. The molecule has 0 saturated carbocycles. The van der Waals surface area contributed by atoms with Crippen molar-refractivity contribution < 1.29 is 0 Å². The smallest absolute Gasteiger partial charge is 0.0413 e. The van der Waals surface area contributed by atoms with E-state index in [1.165, 1.54) is 20.9 Å². The molecule has 1 nitrogen and oxygen atoms in total. The summed E-state index contributed by atoms with van der Waals surface area (Å²) in [6, 6.07) is 10.9. The quantitative estimate of drug-likeness (QED) is 0.831. The van der Waals surface area contributed by atoms with Crippen LogP contribution in [0.1, 0.15) is 30.3 Å². The SMILES string of the molecule is Cc1cc(Br)ccc1-c1ccc(C(N)C(C)C)s1. The van der Waals surface area contributed by atoms with Crippen LogP contribution in [0, 0.1) is 12.8 Å². The van der Waals surface area contributed by atoms with Crippen LogP contribution in [0.2, 0.25) is 0 Å². The molecule has 0 aliphatic heterocycles. The van der Waals surface area contributed by atoms with Crippen LogP contribution in [0.3, 0.4) is 0 Å². The molecule has 0 aliphatic rings. The van der Waals surface area contributed by atoms with E-state index in [9.17, 15) is 0 Å². The number of hydrogen-bond acceptors (Lipinski definition) is 2. The molecule has 2 rings (SSSR count). The van der Waals surface area contributed by atoms with Gasteiger partial charge in [0.1, 0.15) is 0 Å². The third-order valence-corrected chi connectivity index (χ3v) is 4.84. The lowest BCUT2D eigenvalue weighted by Gasteiger charge is -2.13. The minimum absolute atomic E-state index is 0.138. The van der Waals surface area contributed by atoms with Crippen molar-refractivity contribution in [1.29, 1.82) is 0 Å². The molecule has 1 atom stereocenters. The largest absolute Gasteiger partial charge is 0.323 e. The topological polar surface area (TPSA) is 26.0 Å². The van der Waals surface area contributed by atoms with Gasteiger partial charge in [-0.3, -0.25) is 0 Å². The van der Waals surface area contributed by atoms with Gasteiger partial charge in [-0.15, -0.1) is 11.3 Å². The Kier molecular flexibility index (Phi) is 4.25. The molecular formula is C15H18BrNS. The fraction of sp³-hybridized carbons (Fsp3) is 0.333. The molecule has 0 saturated heterocycles. The monoisotopic (exact) mass is 323 g/mol. The second-order valence-corrected chi connectivity index (χ2v) is 6.96. The lowest BCUT2D eigenvalue weighted by Crippen LogP contribution is -2.14. The van der Waals surface area contributed by atoms with E-state index in [1.807, 2.05) is 0 Å². The predicted molar refractivity (Wildman–Crippen MR) is 84.0 cm³/mol. The van der Waals surface area contributed by atoms with E-state index >= 15 is 0 Å². The van der Waals surface area contributed by atoms with Crippen molar-refractivity contribution in [2.24, 2.45) is 11.7 Å². The van der Waals surface area contributed by atoms with Crippen LogP contribution < -0.4 is 5.73 Å². The first-order chi connectivity index (χ1) is 8.49. The highest BCUT2D eigenvalue weighted by molar-refractivity contribution is 9.10. The summed E-state index contributed by atoms with van der Waals surface area (Å²) < 4.78 is 1.12. The zero-order valence-electron chi connectivity index (χ0n) is 10.9. The van der Waals surface area contributed by atoms with Crippen LogP contribution in [0.25, 0.3) is 10.4 Å². The van der Waals surface area contributed by atoms with Crippen molar-refractivity contribution in [3.63, 3.8) is 0 Å². The zero-order valence-corrected chi connectivity index (χ0v) is 13.3. The van der Waals surface area contributed by atoms with E-state index in [0.29, 0.717) is 5.92 Å². The third kappa shape index (κ3) is 2.85. The van der Waals surface area contributed by atoms with E-state index < -0.39 is 0 Å². The number of aryl methyl sites for hydroxylation is 1. The Morgan fingerprint density at radius 3 is 2.50 bits per heavy atom. The van der Waals surface area contributed by atoms with Gasteiger partial charge in [0.25, 0.3) is 0 Å². The maximum Gasteiger partial charge on any atom is 0.0413 e. The maximum atomic E-state index is 6.19. The van der Waals surface area contributed by atoms with Crippen molar-refractivity contribution in [3.05, 3.63) is 45.2 Å². The van der Waals surface area contributed by atoms with Gasteiger partial charge in [0.15, 0.2) is 0 Å². The number of halogens is 1. The van der Waals surface area contributed by atoms with Gasteiger partial charge in [0.2, 0.25) is 0 Å². The molecule has 0 bridgehead atoms. The summed E-state index contributed by atoms with van der Waals surface area (Å²) in [5.41, 5.74) is 8.78. The van der Waals surface area contributed by atoms with Crippen molar-refractivity contribution in [2.75, 3.05) is 0 Å². The van der Waals surface area contributed by atoms with E-state index in [4.69, 9.17) is 5.73 Å². The summed E-state index contributed by atoms with van der Waals surface area (Å²) in [5, 5.41) is 0. The average Bonchev–Trinajstić information content (AvgIpc) is 2.77. The third-order valence-electron chi connectivity index (χ3n) is 3.13. The molecule has 1 unspecified atom stereocenters. The summed E-state index contributed by atoms with van der Waals surface area (Å²) in [6.45, 7) is 6.46. The summed E-state index contributed by atoms with van der Waals surface area (Å²) in [4.78, 5) is 2.56. The summed E-state index contributed by atoms with van der Waals surface area (Å²) in [7, 11) is 0. The first kappa shape index (κ1) is 13.8. The van der Waals surface area contributed by atoms with E-state index in [1.54, 1.807) is 11.3 Å². The molecule has 96 valence electrons. The molecule has 2 N–H and O–H groups in total. The molecule has 1 aromatic carbocycles. The Bertz CT molecular complexity index is 545. The van der Waals surface area contributed by atoms with Crippen LogP contribution >= 0.6 is 27.3 Å². The highest BCUT2D eigenvalue weighted by Crippen LogP contribution is 2.35. The van der Waals surface area contributed by atoms with E-state index in [0.717, 1.165) is 4.47 Å². The van der Waals surface area contributed by atoms with Crippen molar-refractivity contribution >= 4 is 27.3 Å². The van der Waals surface area contributed by atoms with Gasteiger partial charge in [-0.05, 0) is 48.2 Å². The van der Waals surface area contributed by atoms with Gasteiger partial charge < -0.3 is 5.73 Å². The van der Waals surface area contributed by atoms with Gasteiger partial charge in [-0.1, -0.05) is 35.8 Å². The van der Waals surface area contributed by atoms with Crippen LogP contribution in [-0.4, -0.2) is 0 Å². The Morgan fingerprint density at radius 2 is 1.89 bits per heavy atom. The second-order valence-electron chi connectivity index (χ2n) is 4.93. The van der Waals surface area contributed by atoms with Crippen LogP contribution in [-0.2, 0) is 0 Å². The standard InChI is InChI=1S/C15H18BrNS/c1-9(2)15(17)14-7-6-13(18-14)12-5-4-11(16)8-10(12)3/h4-9,15H,17H2,1-3H3. The molecule has 2 aromatic rings. The summed E-state index contributed by atoms with van der Waals surface area (Å²) >= 11 is 5.30. The van der Waals surface area contributed by atoms with Gasteiger partial charge in [-0.2, -0.15) is 0 Å². The second kappa shape index (κ2) is 5.55. The Hall–Kier alpha value is -0.640. The first-order valence-corrected chi connectivity index (χ1v) is 7.72. The first-order valence-electron chi connectivity index (χ1n) is 6.11. The van der Waals surface area contributed by atoms with E-state index in [2.05, 4.69) is 67.0 Å². The van der Waals surface area contributed by atoms with Crippen LogP contribution in [0.5, 0.6) is 0 Å². The highest BCUT2D eigenvalue weighted by Gasteiger charge is 2.14. The number of rotatable bonds is 3. The average molecular weight is 324 g/mol. The summed E-state index contributed by atoms with van der Waals surface area (Å²) in [6.07, 6.45) is 0. The van der Waals surface area contributed by atoms with Crippen molar-refractivity contribution in [2.45, 2.75) is 26.8 Å². The minimum Gasteiger partial charge on any atom is -0.323 e. The van der Waals surface area contributed by atoms with E-state index in [-0.39, 0.29) is 6.04 Å². The normalized spacial score (nSPS) is 13.0. The number of nitrogens with two attached hydrogens (primary N) is 1. The van der Waals surface area contributed by atoms with Crippen LogP contribution in [0.4, 0.5) is 0 Å². The molecule has 0 radical (unpaired) electrons. The lowest BCUT2D eigenvalue weighted by atomic mass is 10.0. The molecule has 0 spiro atoms. The number of hydrogen-bond donors (Lipinski definition) is 1. The fourth-order valence-corrected chi connectivity index (χ4v) is 3.66. The van der Waals surface area contributed by atoms with Crippen molar-refractivity contribution in [1.82, 2.24) is 0 Å². The Balaban J connectivity index is 2.35. The fourth-order valence-electron chi connectivity index (χ4n) is 1.91. The maximum absolute atomic E-state index is 6.19. The van der Waals surface area contributed by atoms with Crippen LogP contribution in [0.15, 0.2) is 34.8 Å².